The Hall–Kier alpha value is -2.78. The molecule has 0 aliphatic rings. The van der Waals surface area contributed by atoms with Gasteiger partial charge in [0.15, 0.2) is 0 Å². The smallest absolute Gasteiger partial charge is 0.416 e. The van der Waals surface area contributed by atoms with Crippen molar-refractivity contribution in [3.63, 3.8) is 0 Å². The largest absolute Gasteiger partial charge is 0.444 e. The van der Waals surface area contributed by atoms with Crippen molar-refractivity contribution >= 4 is 17.9 Å². The van der Waals surface area contributed by atoms with E-state index in [4.69, 9.17) is 15.3 Å². The van der Waals surface area contributed by atoms with Crippen LogP contribution in [0.2, 0.25) is 0 Å². The number of alkyl carbamates (subject to hydrolysis) is 1. The molecule has 1 amide bonds. The Morgan fingerprint density at radius 3 is 2.07 bits per heavy atom. The number of amides is 1. The topological polar surface area (TPSA) is 103 Å². The molecule has 156 valence electrons. The van der Waals surface area contributed by atoms with Crippen molar-refractivity contribution in [2.45, 2.75) is 58.4 Å². The molecular formula is C18H24F3N3O4. The number of rotatable bonds is 5. The number of oxime groups is 1. The fourth-order valence-corrected chi connectivity index (χ4v) is 1.88. The second kappa shape index (κ2) is 8.49. The predicted octanol–water partition coefficient (Wildman–Crippen LogP) is 3.37. The number of carbonyl (C=O) groups excluding carboxylic acids is 2. The lowest BCUT2D eigenvalue weighted by Crippen LogP contribution is -2.51. The van der Waals surface area contributed by atoms with E-state index in [9.17, 15) is 22.8 Å². The summed E-state index contributed by atoms with van der Waals surface area (Å²) in [5.41, 5.74) is 3.13. The first-order valence-electron chi connectivity index (χ1n) is 8.31. The number of amidine groups is 1. The first-order valence-corrected chi connectivity index (χ1v) is 8.31. The Labute approximate surface area is 161 Å². The maximum atomic E-state index is 12.5. The Bertz CT molecular complexity index is 736. The van der Waals surface area contributed by atoms with Gasteiger partial charge >= 0.3 is 18.2 Å². The molecule has 0 bridgehead atoms. The number of ether oxygens (including phenoxy) is 1. The van der Waals surface area contributed by atoms with Crippen LogP contribution in [0.25, 0.3) is 0 Å². The number of nitrogens with one attached hydrogen (secondary N) is 1. The van der Waals surface area contributed by atoms with Crippen LogP contribution in [-0.4, -0.2) is 29.0 Å². The summed E-state index contributed by atoms with van der Waals surface area (Å²) in [5.74, 6) is -1.02. The highest BCUT2D eigenvalue weighted by Crippen LogP contribution is 2.29. The zero-order valence-corrected chi connectivity index (χ0v) is 16.3. The molecule has 0 aliphatic heterocycles. The number of nitrogens with two attached hydrogens (primary N) is 1. The van der Waals surface area contributed by atoms with E-state index in [1.807, 2.05) is 0 Å². The van der Waals surface area contributed by atoms with Gasteiger partial charge in [-0.3, -0.25) is 0 Å². The Kier molecular flexibility index (Phi) is 7.05. The summed E-state index contributed by atoms with van der Waals surface area (Å²) in [4.78, 5) is 28.6. The van der Waals surface area contributed by atoms with Gasteiger partial charge in [0.1, 0.15) is 17.0 Å². The number of nitrogens with zero attached hydrogens (tertiary/aromatic N) is 1. The lowest BCUT2D eigenvalue weighted by atomic mass is 10.1. The number of hydrogen-bond acceptors (Lipinski definition) is 5. The molecule has 0 aliphatic carbocycles. The third-order valence-corrected chi connectivity index (χ3v) is 3.24. The van der Waals surface area contributed by atoms with Crippen LogP contribution in [-0.2, 0) is 27.0 Å². The van der Waals surface area contributed by atoms with Crippen LogP contribution in [0.1, 0.15) is 45.7 Å². The molecular weight excluding hydrogens is 379 g/mol. The van der Waals surface area contributed by atoms with E-state index >= 15 is 0 Å². The molecule has 1 aromatic rings. The summed E-state index contributed by atoms with van der Waals surface area (Å²) < 4.78 is 42.7. The van der Waals surface area contributed by atoms with Gasteiger partial charge in [0.25, 0.3) is 0 Å². The minimum Gasteiger partial charge on any atom is -0.444 e. The third kappa shape index (κ3) is 7.85. The predicted molar refractivity (Wildman–Crippen MR) is 96.3 cm³/mol. The average Bonchev–Trinajstić information content (AvgIpc) is 2.49. The molecule has 0 saturated carbocycles. The standard InChI is InChI=1S/C18H24F3N3O4/c1-16(2,3)27-15(26)23-17(4,5)14(25)28-24-13(22)10-11-6-8-12(9-7-11)18(19,20)21/h6-9H,10H2,1-5H3,(H2,22,24)(H,23,26). The van der Waals surface area contributed by atoms with Crippen LogP contribution in [0.3, 0.4) is 0 Å². The van der Waals surface area contributed by atoms with Crippen molar-refractivity contribution in [3.8, 4) is 0 Å². The Morgan fingerprint density at radius 2 is 1.61 bits per heavy atom. The van der Waals surface area contributed by atoms with Crippen LogP contribution in [0.5, 0.6) is 0 Å². The van der Waals surface area contributed by atoms with Crippen molar-refractivity contribution in [1.82, 2.24) is 5.32 Å². The van der Waals surface area contributed by atoms with Crippen LogP contribution in [0.15, 0.2) is 29.4 Å². The minimum absolute atomic E-state index is 0.0225. The summed E-state index contributed by atoms with van der Waals surface area (Å²) in [6.07, 6.45) is -5.26. The number of alkyl halides is 3. The van der Waals surface area contributed by atoms with Crippen molar-refractivity contribution in [1.29, 1.82) is 0 Å². The van der Waals surface area contributed by atoms with Gasteiger partial charge in [-0.05, 0) is 52.3 Å². The summed E-state index contributed by atoms with van der Waals surface area (Å²) >= 11 is 0. The van der Waals surface area contributed by atoms with Gasteiger partial charge in [0.2, 0.25) is 0 Å². The molecule has 10 heteroatoms. The van der Waals surface area contributed by atoms with E-state index in [1.54, 1.807) is 20.8 Å². The van der Waals surface area contributed by atoms with E-state index in [0.29, 0.717) is 5.56 Å². The second-order valence-corrected chi connectivity index (χ2v) is 7.58. The van der Waals surface area contributed by atoms with Crippen LogP contribution in [0, 0.1) is 0 Å². The molecule has 0 spiro atoms. The summed E-state index contributed by atoms with van der Waals surface area (Å²) in [6, 6.07) is 4.34. The van der Waals surface area contributed by atoms with Crippen LogP contribution < -0.4 is 11.1 Å². The fraction of sp³-hybridized carbons (Fsp3) is 0.500. The number of carbonyl (C=O) groups is 2. The average molecular weight is 403 g/mol. The summed E-state index contributed by atoms with van der Waals surface area (Å²) in [5, 5.41) is 5.82. The van der Waals surface area contributed by atoms with Gasteiger partial charge in [-0.2, -0.15) is 13.2 Å². The van der Waals surface area contributed by atoms with Crippen molar-refractivity contribution in [3.05, 3.63) is 35.4 Å². The molecule has 28 heavy (non-hydrogen) atoms. The van der Waals surface area contributed by atoms with Gasteiger partial charge in [-0.1, -0.05) is 17.3 Å². The molecule has 1 rings (SSSR count). The molecule has 0 aromatic heterocycles. The maximum Gasteiger partial charge on any atom is 0.416 e. The van der Waals surface area contributed by atoms with Gasteiger partial charge in [-0.15, -0.1) is 0 Å². The highest BCUT2D eigenvalue weighted by molar-refractivity contribution is 5.87. The second-order valence-electron chi connectivity index (χ2n) is 7.58. The van der Waals surface area contributed by atoms with E-state index in [1.165, 1.54) is 26.0 Å². The molecule has 7 nitrogen and oxygen atoms in total. The molecule has 1 aromatic carbocycles. The zero-order chi connectivity index (χ0) is 21.8. The Balaban J connectivity index is 2.66. The number of benzene rings is 1. The first-order chi connectivity index (χ1) is 12.6. The maximum absolute atomic E-state index is 12.5. The highest BCUT2D eigenvalue weighted by Gasteiger charge is 2.34. The fourth-order valence-electron chi connectivity index (χ4n) is 1.88. The minimum atomic E-state index is -4.43. The molecule has 0 radical (unpaired) electrons. The third-order valence-electron chi connectivity index (χ3n) is 3.24. The van der Waals surface area contributed by atoms with Gasteiger partial charge in [0.05, 0.1) is 5.56 Å². The van der Waals surface area contributed by atoms with E-state index < -0.39 is 34.9 Å². The monoisotopic (exact) mass is 403 g/mol. The zero-order valence-electron chi connectivity index (χ0n) is 16.3. The van der Waals surface area contributed by atoms with Crippen molar-refractivity contribution in [2.24, 2.45) is 10.9 Å². The lowest BCUT2D eigenvalue weighted by Gasteiger charge is -2.25. The lowest BCUT2D eigenvalue weighted by molar-refractivity contribution is -0.150. The van der Waals surface area contributed by atoms with E-state index in [2.05, 4.69) is 10.5 Å². The Morgan fingerprint density at radius 1 is 1.07 bits per heavy atom. The number of halogens is 3. The summed E-state index contributed by atoms with van der Waals surface area (Å²) in [7, 11) is 0. The number of hydrogen-bond donors (Lipinski definition) is 2. The molecule has 0 atom stereocenters. The van der Waals surface area contributed by atoms with Crippen molar-refractivity contribution in [2.75, 3.05) is 0 Å². The normalized spacial score (nSPS) is 13.1. The molecule has 3 N–H and O–H groups in total. The van der Waals surface area contributed by atoms with Crippen molar-refractivity contribution < 1.29 is 32.3 Å². The highest BCUT2D eigenvalue weighted by atomic mass is 19.4. The first kappa shape index (κ1) is 23.3. The van der Waals surface area contributed by atoms with E-state index in [0.717, 1.165) is 12.1 Å². The van der Waals surface area contributed by atoms with E-state index in [-0.39, 0.29) is 12.3 Å². The molecule has 0 unspecified atom stereocenters. The quantitative estimate of drug-likeness (QED) is 0.340. The van der Waals surface area contributed by atoms with Crippen LogP contribution in [0.4, 0.5) is 18.0 Å². The van der Waals surface area contributed by atoms with Gasteiger partial charge in [0, 0.05) is 6.42 Å². The molecule has 0 heterocycles. The molecule has 0 fully saturated rings. The SMILES string of the molecule is CC(C)(C)OC(=O)NC(C)(C)C(=O)O/N=C(\N)Cc1ccc(C(F)(F)F)cc1. The van der Waals surface area contributed by atoms with Crippen LogP contribution >= 0.6 is 0 Å². The van der Waals surface area contributed by atoms with Gasteiger partial charge < -0.3 is 20.6 Å². The van der Waals surface area contributed by atoms with Gasteiger partial charge in [-0.25, -0.2) is 9.59 Å². The molecule has 0 saturated heterocycles. The summed E-state index contributed by atoms with van der Waals surface area (Å²) in [6.45, 7) is 7.79.